The molecule has 308 valence electrons. The average Bonchev–Trinajstić information content (AvgIpc) is 3.74. The summed E-state index contributed by atoms with van der Waals surface area (Å²) in [6.07, 6.45) is 0. The van der Waals surface area contributed by atoms with Crippen molar-refractivity contribution in [2.24, 2.45) is 0 Å². The number of para-hydroxylation sites is 2. The van der Waals surface area contributed by atoms with Crippen LogP contribution in [-0.4, -0.2) is 0 Å². The van der Waals surface area contributed by atoms with Crippen LogP contribution in [0.4, 0.5) is 17.1 Å². The number of hydrogen-bond acceptors (Lipinski definition) is 3. The molecule has 0 saturated heterocycles. The maximum atomic E-state index is 6.89. The highest BCUT2D eigenvalue weighted by molar-refractivity contribution is 6.06. The first kappa shape index (κ1) is 37.4. The number of fused-ring (bicyclic) bond motifs is 13. The highest BCUT2D eigenvalue weighted by Gasteiger charge is 2.53. The summed E-state index contributed by atoms with van der Waals surface area (Å²) in [5.74, 6) is 1.77. The van der Waals surface area contributed by atoms with Gasteiger partial charge in [-0.25, -0.2) is 0 Å². The van der Waals surface area contributed by atoms with E-state index in [4.69, 9.17) is 9.15 Å². The molecule has 1 unspecified atom stereocenters. The predicted octanol–water partition coefficient (Wildman–Crippen LogP) is 16.7. The van der Waals surface area contributed by atoms with Gasteiger partial charge in [0.05, 0.1) is 5.41 Å². The van der Waals surface area contributed by atoms with Crippen molar-refractivity contribution >= 4 is 49.8 Å². The normalized spacial score (nSPS) is 15.5. The third-order valence-electron chi connectivity index (χ3n) is 14.2. The first-order valence-electron chi connectivity index (χ1n) is 22.5. The van der Waals surface area contributed by atoms with Gasteiger partial charge < -0.3 is 14.1 Å². The second kappa shape index (κ2) is 14.2. The number of ether oxygens (including phenoxy) is 1. The van der Waals surface area contributed by atoms with Crippen LogP contribution in [0.3, 0.4) is 0 Å². The number of benzene rings is 10. The molecule has 65 heavy (non-hydrogen) atoms. The van der Waals surface area contributed by atoms with Crippen LogP contribution in [0, 0.1) is 0 Å². The minimum absolute atomic E-state index is 0.248. The van der Waals surface area contributed by atoms with E-state index in [1.54, 1.807) is 0 Å². The Labute approximate surface area is 378 Å². The van der Waals surface area contributed by atoms with Gasteiger partial charge in [-0.2, -0.15) is 0 Å². The number of anilines is 3. The molecule has 2 aliphatic rings. The zero-order valence-corrected chi connectivity index (χ0v) is 36.1. The van der Waals surface area contributed by atoms with E-state index in [0.717, 1.165) is 72.8 Å². The topological polar surface area (TPSA) is 25.6 Å². The molecule has 13 rings (SSSR count). The van der Waals surface area contributed by atoms with Crippen LogP contribution in [0.25, 0.3) is 55.0 Å². The molecule has 3 nitrogen and oxygen atoms in total. The number of furan rings is 1. The molecular weight excluding hydrogens is 791 g/mol. The molecule has 0 N–H and O–H groups in total. The molecule has 1 aromatic heterocycles. The van der Waals surface area contributed by atoms with Gasteiger partial charge in [0.1, 0.15) is 22.7 Å². The molecule has 0 radical (unpaired) electrons. The fourth-order valence-corrected chi connectivity index (χ4v) is 11.2. The van der Waals surface area contributed by atoms with Gasteiger partial charge in [-0.1, -0.05) is 172 Å². The van der Waals surface area contributed by atoms with Crippen molar-refractivity contribution < 1.29 is 9.15 Å². The van der Waals surface area contributed by atoms with E-state index in [-0.39, 0.29) is 5.41 Å². The Bertz CT molecular complexity index is 3660. The van der Waals surface area contributed by atoms with Crippen LogP contribution in [0.1, 0.15) is 47.2 Å². The number of nitrogens with zero attached hydrogens (tertiary/aromatic N) is 1. The van der Waals surface area contributed by atoms with Crippen molar-refractivity contribution in [2.75, 3.05) is 4.90 Å². The standard InChI is InChI=1S/C62H43NO2/c1-61(2)51-19-9-10-20-52(51)62(54-36-28-43-16-6-7-17-48(43)60(54)61)53-21-11-13-23-57(53)65-58-37-29-44(38-55(58)62)42-26-32-46(33-27-42)63(45-30-24-41(25-31-45)40-14-4-3-5-15-40)47-34-35-50-49-18-8-12-22-56(49)64-59(50)39-47/h3-39H,1-2H3. The van der Waals surface area contributed by atoms with E-state index < -0.39 is 5.41 Å². The van der Waals surface area contributed by atoms with Crippen LogP contribution >= 0.6 is 0 Å². The lowest BCUT2D eigenvalue weighted by atomic mass is 9.53. The summed E-state index contributed by atoms with van der Waals surface area (Å²) in [7, 11) is 0. The van der Waals surface area contributed by atoms with Gasteiger partial charge >= 0.3 is 0 Å². The Morgan fingerprint density at radius 3 is 1.71 bits per heavy atom. The van der Waals surface area contributed by atoms with E-state index in [2.05, 4.69) is 231 Å². The van der Waals surface area contributed by atoms with Crippen molar-refractivity contribution in [3.8, 4) is 33.8 Å². The summed E-state index contributed by atoms with van der Waals surface area (Å²) in [6, 6.07) is 81.3. The quantitative estimate of drug-likeness (QED) is 0.173. The average molecular weight is 834 g/mol. The fourth-order valence-electron chi connectivity index (χ4n) is 11.2. The first-order chi connectivity index (χ1) is 32.0. The van der Waals surface area contributed by atoms with E-state index >= 15 is 0 Å². The monoisotopic (exact) mass is 833 g/mol. The first-order valence-corrected chi connectivity index (χ1v) is 22.5. The zero-order valence-electron chi connectivity index (χ0n) is 36.1. The van der Waals surface area contributed by atoms with Gasteiger partial charge in [0, 0.05) is 50.4 Å². The van der Waals surface area contributed by atoms with Gasteiger partial charge in [-0.05, 0) is 116 Å². The van der Waals surface area contributed by atoms with E-state index in [9.17, 15) is 0 Å². The Hall–Kier alpha value is -8.14. The van der Waals surface area contributed by atoms with Crippen molar-refractivity contribution in [3.05, 3.63) is 258 Å². The molecule has 1 aliphatic heterocycles. The molecule has 3 heteroatoms. The lowest BCUT2D eigenvalue weighted by Gasteiger charge is -2.50. The maximum absolute atomic E-state index is 6.89. The van der Waals surface area contributed by atoms with Crippen molar-refractivity contribution in [2.45, 2.75) is 24.7 Å². The SMILES string of the molecule is CC1(C)c2ccccc2C2(c3ccccc3Oc3ccc(-c4ccc(N(c5ccc(-c6ccccc6)cc5)c5ccc6c(c5)oc5ccccc56)cc4)cc32)c2ccc3ccccc3c21. The van der Waals surface area contributed by atoms with Crippen LogP contribution < -0.4 is 9.64 Å². The minimum atomic E-state index is -0.621. The number of hydrogen-bond donors (Lipinski definition) is 0. The van der Waals surface area contributed by atoms with Crippen molar-refractivity contribution in [1.82, 2.24) is 0 Å². The summed E-state index contributed by atoms with van der Waals surface area (Å²) < 4.78 is 13.3. The highest BCUT2D eigenvalue weighted by atomic mass is 16.5. The lowest BCUT2D eigenvalue weighted by molar-refractivity contribution is 0.426. The van der Waals surface area contributed by atoms with Gasteiger partial charge in [-0.3, -0.25) is 0 Å². The van der Waals surface area contributed by atoms with E-state index in [1.807, 2.05) is 12.1 Å². The lowest BCUT2D eigenvalue weighted by Crippen LogP contribution is -2.43. The summed E-state index contributed by atoms with van der Waals surface area (Å²) in [5.41, 5.74) is 16.2. The smallest absolute Gasteiger partial charge is 0.137 e. The van der Waals surface area contributed by atoms with Crippen molar-refractivity contribution in [3.63, 3.8) is 0 Å². The molecule has 0 amide bonds. The predicted molar refractivity (Wildman–Crippen MR) is 267 cm³/mol. The fraction of sp³-hybridized carbons (Fsp3) is 0.0645. The molecule has 0 bridgehead atoms. The molecule has 1 spiro atoms. The van der Waals surface area contributed by atoms with E-state index in [1.165, 1.54) is 44.2 Å². The molecule has 0 saturated carbocycles. The minimum Gasteiger partial charge on any atom is -0.457 e. The second-order valence-electron chi connectivity index (χ2n) is 18.0. The molecule has 1 atom stereocenters. The molecule has 10 aromatic carbocycles. The Balaban J connectivity index is 0.972. The van der Waals surface area contributed by atoms with Gasteiger partial charge in [0.15, 0.2) is 0 Å². The molecule has 0 fully saturated rings. The second-order valence-corrected chi connectivity index (χ2v) is 18.0. The molecule has 2 heterocycles. The van der Waals surface area contributed by atoms with Crippen LogP contribution in [0.15, 0.2) is 229 Å². The van der Waals surface area contributed by atoms with Crippen LogP contribution in [0.2, 0.25) is 0 Å². The summed E-state index contributed by atoms with van der Waals surface area (Å²) >= 11 is 0. The summed E-state index contributed by atoms with van der Waals surface area (Å²) in [6.45, 7) is 4.79. The van der Waals surface area contributed by atoms with Gasteiger partial charge in [0.2, 0.25) is 0 Å². The Morgan fingerprint density at radius 1 is 0.354 bits per heavy atom. The third-order valence-corrected chi connectivity index (χ3v) is 14.2. The largest absolute Gasteiger partial charge is 0.457 e. The van der Waals surface area contributed by atoms with Crippen LogP contribution in [0.5, 0.6) is 11.5 Å². The Kier molecular flexibility index (Phi) is 8.17. The molecule has 1 aliphatic carbocycles. The van der Waals surface area contributed by atoms with E-state index in [0.29, 0.717) is 0 Å². The molecule has 11 aromatic rings. The zero-order chi connectivity index (χ0) is 43.3. The van der Waals surface area contributed by atoms with Crippen LogP contribution in [-0.2, 0) is 10.8 Å². The summed E-state index contributed by atoms with van der Waals surface area (Å²) in [5, 5.41) is 4.77. The number of rotatable bonds is 5. The maximum Gasteiger partial charge on any atom is 0.137 e. The van der Waals surface area contributed by atoms with Gasteiger partial charge in [0.25, 0.3) is 0 Å². The Morgan fingerprint density at radius 2 is 0.923 bits per heavy atom. The van der Waals surface area contributed by atoms with Gasteiger partial charge in [-0.15, -0.1) is 0 Å². The molecular formula is C62H43NO2. The van der Waals surface area contributed by atoms with Crippen molar-refractivity contribution in [1.29, 1.82) is 0 Å². The highest BCUT2D eigenvalue weighted by Crippen LogP contribution is 2.62. The summed E-state index contributed by atoms with van der Waals surface area (Å²) in [4.78, 5) is 2.32. The third kappa shape index (κ3) is 5.55.